The summed E-state index contributed by atoms with van der Waals surface area (Å²) in [6, 6.07) is 25.0. The fourth-order valence-electron chi connectivity index (χ4n) is 4.50. The Morgan fingerprint density at radius 2 is 1.83 bits per heavy atom. The van der Waals surface area contributed by atoms with Crippen LogP contribution >= 0.6 is 0 Å². The third-order valence-electron chi connectivity index (χ3n) is 6.66. The molecule has 0 saturated carbocycles. The molecular weight excluding hydrogens is 523 g/mol. The maximum absolute atomic E-state index is 14.2. The second-order valence-electron chi connectivity index (χ2n) is 9.31. The minimum absolute atomic E-state index is 0.00186. The second-order valence-corrected chi connectivity index (χ2v) is 9.31. The van der Waals surface area contributed by atoms with Gasteiger partial charge in [0, 0.05) is 37.3 Å². The first-order valence-corrected chi connectivity index (χ1v) is 12.9. The first-order valence-electron chi connectivity index (χ1n) is 12.9. The Labute approximate surface area is 236 Å². The maximum atomic E-state index is 14.2. The Balaban J connectivity index is 1.33. The van der Waals surface area contributed by atoms with Crippen LogP contribution in [0.4, 0.5) is 4.39 Å². The van der Waals surface area contributed by atoms with Crippen LogP contribution in [0.25, 0.3) is 22.3 Å². The van der Waals surface area contributed by atoms with Crippen molar-refractivity contribution in [1.82, 2.24) is 14.5 Å². The largest absolute Gasteiger partial charge is 0.473 e. The van der Waals surface area contributed by atoms with E-state index in [4.69, 9.17) is 24.5 Å². The van der Waals surface area contributed by atoms with E-state index in [1.54, 1.807) is 31.4 Å². The van der Waals surface area contributed by atoms with Gasteiger partial charge in [0.25, 0.3) is 0 Å². The number of nitrogens with zero attached hydrogens (tertiary/aromatic N) is 4. The summed E-state index contributed by atoms with van der Waals surface area (Å²) < 4.78 is 32.2. The van der Waals surface area contributed by atoms with Gasteiger partial charge in [0.15, 0.2) is 0 Å². The number of fused-ring (bicyclic) bond motifs is 1. The van der Waals surface area contributed by atoms with Crippen molar-refractivity contribution in [3.63, 3.8) is 0 Å². The first-order chi connectivity index (χ1) is 20.0. The van der Waals surface area contributed by atoms with Crippen LogP contribution in [0.2, 0.25) is 0 Å². The molecule has 9 heteroatoms. The van der Waals surface area contributed by atoms with Gasteiger partial charge in [0.2, 0.25) is 5.88 Å². The predicted octanol–water partition coefficient (Wildman–Crippen LogP) is 5.71. The lowest BCUT2D eigenvalue weighted by Crippen LogP contribution is -2.09. The summed E-state index contributed by atoms with van der Waals surface area (Å²) in [6.07, 6.45) is 0.582. The van der Waals surface area contributed by atoms with Crippen LogP contribution in [-0.4, -0.2) is 41.3 Å². The SMILES string of the molecule is COCCn1c(Cc2ccc(-c3cccc(OCc4ccc(C#N)cc4F)n3)cc2)nc2ccc(C(=O)OC)cc21. The van der Waals surface area contributed by atoms with Crippen LogP contribution < -0.4 is 4.74 Å². The third kappa shape index (κ3) is 6.24. The van der Waals surface area contributed by atoms with Gasteiger partial charge in [-0.15, -0.1) is 0 Å². The number of halogens is 1. The number of carbonyl (C=O) groups is 1. The quantitative estimate of drug-likeness (QED) is 0.205. The lowest BCUT2D eigenvalue weighted by molar-refractivity contribution is 0.0601. The Bertz CT molecular complexity index is 1740. The Morgan fingerprint density at radius 3 is 2.56 bits per heavy atom. The van der Waals surface area contributed by atoms with Crippen LogP contribution in [0, 0.1) is 17.1 Å². The number of pyridine rings is 1. The molecule has 5 aromatic rings. The number of ether oxygens (including phenoxy) is 3. The molecule has 0 amide bonds. The van der Waals surface area contributed by atoms with E-state index in [1.807, 2.05) is 48.5 Å². The summed E-state index contributed by atoms with van der Waals surface area (Å²) in [5, 5.41) is 8.92. The third-order valence-corrected chi connectivity index (χ3v) is 6.66. The monoisotopic (exact) mass is 550 g/mol. The Morgan fingerprint density at radius 1 is 1.00 bits per heavy atom. The minimum Gasteiger partial charge on any atom is -0.473 e. The molecule has 0 N–H and O–H groups in total. The van der Waals surface area contributed by atoms with E-state index in [-0.39, 0.29) is 12.2 Å². The molecule has 0 aliphatic rings. The predicted molar refractivity (Wildman–Crippen MR) is 151 cm³/mol. The zero-order chi connectivity index (χ0) is 28.8. The number of rotatable bonds is 10. The van der Waals surface area contributed by atoms with Crippen LogP contribution in [0.15, 0.2) is 78.9 Å². The Kier molecular flexibility index (Phi) is 8.32. The summed E-state index contributed by atoms with van der Waals surface area (Å²) in [4.78, 5) is 21.5. The Hall–Kier alpha value is -5.07. The van der Waals surface area contributed by atoms with Gasteiger partial charge in [-0.2, -0.15) is 5.26 Å². The smallest absolute Gasteiger partial charge is 0.337 e. The van der Waals surface area contributed by atoms with Gasteiger partial charge in [-0.1, -0.05) is 36.4 Å². The molecule has 41 heavy (non-hydrogen) atoms. The van der Waals surface area contributed by atoms with Crippen molar-refractivity contribution < 1.29 is 23.4 Å². The maximum Gasteiger partial charge on any atom is 0.337 e. The topological polar surface area (TPSA) is 99.3 Å². The highest BCUT2D eigenvalue weighted by atomic mass is 19.1. The molecule has 0 radical (unpaired) electrons. The summed E-state index contributed by atoms with van der Waals surface area (Å²) in [7, 11) is 3.01. The molecule has 0 atom stereocenters. The molecule has 0 unspecified atom stereocenters. The van der Waals surface area contributed by atoms with Crippen molar-refractivity contribution in [2.45, 2.75) is 19.6 Å². The molecule has 2 heterocycles. The van der Waals surface area contributed by atoms with Crippen molar-refractivity contribution in [3.8, 4) is 23.2 Å². The average molecular weight is 551 g/mol. The highest BCUT2D eigenvalue weighted by Gasteiger charge is 2.15. The molecule has 0 aliphatic heterocycles. The van der Waals surface area contributed by atoms with Gasteiger partial charge in [-0.3, -0.25) is 0 Å². The van der Waals surface area contributed by atoms with Crippen LogP contribution in [-0.2, 0) is 29.0 Å². The molecule has 206 valence electrons. The van der Waals surface area contributed by atoms with E-state index in [2.05, 4.69) is 9.55 Å². The fourth-order valence-corrected chi connectivity index (χ4v) is 4.50. The number of aromatic nitrogens is 3. The van der Waals surface area contributed by atoms with Gasteiger partial charge in [-0.05, 0) is 42.0 Å². The number of carbonyl (C=O) groups excluding carboxylic acids is 1. The summed E-state index contributed by atoms with van der Waals surface area (Å²) >= 11 is 0. The van der Waals surface area contributed by atoms with Crippen molar-refractivity contribution in [3.05, 3.63) is 113 Å². The van der Waals surface area contributed by atoms with Crippen molar-refractivity contribution in [2.75, 3.05) is 20.8 Å². The van der Waals surface area contributed by atoms with Crippen LogP contribution in [0.3, 0.4) is 0 Å². The van der Waals surface area contributed by atoms with E-state index in [1.165, 1.54) is 19.2 Å². The lowest BCUT2D eigenvalue weighted by atomic mass is 10.1. The molecule has 0 fully saturated rings. The summed E-state index contributed by atoms with van der Waals surface area (Å²) in [5.41, 5.74) is 5.39. The van der Waals surface area contributed by atoms with Crippen molar-refractivity contribution in [2.24, 2.45) is 0 Å². The van der Waals surface area contributed by atoms with Crippen molar-refractivity contribution in [1.29, 1.82) is 5.26 Å². The number of hydrogen-bond acceptors (Lipinski definition) is 7. The van der Waals surface area contributed by atoms with Gasteiger partial charge in [0.05, 0.1) is 47.6 Å². The summed E-state index contributed by atoms with van der Waals surface area (Å²) in [6.45, 7) is 1.09. The number of esters is 1. The molecule has 3 aromatic carbocycles. The zero-order valence-electron chi connectivity index (χ0n) is 22.6. The number of hydrogen-bond donors (Lipinski definition) is 0. The van der Waals surface area contributed by atoms with E-state index < -0.39 is 11.8 Å². The fraction of sp³-hybridized carbons (Fsp3) is 0.188. The molecule has 2 aromatic heterocycles. The van der Waals surface area contributed by atoms with E-state index in [0.29, 0.717) is 36.6 Å². The van der Waals surface area contributed by atoms with Gasteiger partial charge in [-0.25, -0.2) is 19.2 Å². The van der Waals surface area contributed by atoms with E-state index in [0.717, 1.165) is 33.7 Å². The van der Waals surface area contributed by atoms with Gasteiger partial charge in [0.1, 0.15) is 18.2 Å². The van der Waals surface area contributed by atoms with Crippen molar-refractivity contribution >= 4 is 17.0 Å². The molecule has 0 bridgehead atoms. The standard InChI is InChI=1S/C32H27FN4O4/c1-39-15-14-37-29-18-24(32(38)40-2)12-13-28(29)35-30(37)17-21-6-9-23(10-7-21)27-4-3-5-31(36-27)41-20-25-11-8-22(19-34)16-26(25)33/h3-13,16,18H,14-15,17,20H2,1-2H3. The minimum atomic E-state index is -0.490. The van der Waals surface area contributed by atoms with Crippen LogP contribution in [0.1, 0.15) is 32.9 Å². The molecular formula is C32H27FN4O4. The first kappa shape index (κ1) is 27.5. The lowest BCUT2D eigenvalue weighted by Gasteiger charge is -2.10. The highest BCUT2D eigenvalue weighted by molar-refractivity contribution is 5.93. The van der Waals surface area contributed by atoms with Gasteiger partial charge < -0.3 is 18.8 Å². The van der Waals surface area contributed by atoms with Gasteiger partial charge >= 0.3 is 5.97 Å². The summed E-state index contributed by atoms with van der Waals surface area (Å²) in [5.74, 6) is 0.340. The van der Waals surface area contributed by atoms with E-state index in [9.17, 15) is 9.18 Å². The zero-order valence-corrected chi connectivity index (χ0v) is 22.6. The highest BCUT2D eigenvalue weighted by Crippen LogP contribution is 2.24. The van der Waals surface area contributed by atoms with Crippen LogP contribution in [0.5, 0.6) is 5.88 Å². The number of imidazole rings is 1. The normalized spacial score (nSPS) is 10.9. The number of benzene rings is 3. The molecule has 5 rings (SSSR count). The second kappa shape index (κ2) is 12.4. The number of methoxy groups -OCH3 is 2. The average Bonchev–Trinajstić information content (AvgIpc) is 3.35. The molecule has 0 saturated heterocycles. The number of nitriles is 1. The van der Waals surface area contributed by atoms with E-state index >= 15 is 0 Å². The molecule has 0 spiro atoms. The molecule has 8 nitrogen and oxygen atoms in total. The molecule has 0 aliphatic carbocycles.